The number of hydrogen-bond acceptors (Lipinski definition) is 5. The average molecular weight is 403 g/mol. The quantitative estimate of drug-likeness (QED) is 0.799. The molecule has 28 heavy (non-hydrogen) atoms. The molecular formula is C19H21N3O5S. The summed E-state index contributed by atoms with van der Waals surface area (Å²) in [6.45, 7) is 0.898. The van der Waals surface area contributed by atoms with Gasteiger partial charge in [0.15, 0.2) is 0 Å². The number of primary amides is 1. The monoisotopic (exact) mass is 403 g/mol. The molecule has 2 aromatic rings. The molecule has 2 amide bonds. The van der Waals surface area contributed by atoms with Gasteiger partial charge < -0.3 is 15.4 Å². The molecule has 0 bridgehead atoms. The fourth-order valence-electron chi connectivity index (χ4n) is 3.02. The second-order valence-corrected chi connectivity index (χ2v) is 8.25. The van der Waals surface area contributed by atoms with E-state index < -0.39 is 15.9 Å². The molecule has 3 rings (SSSR count). The van der Waals surface area contributed by atoms with Gasteiger partial charge >= 0.3 is 0 Å². The van der Waals surface area contributed by atoms with Crippen molar-refractivity contribution in [1.82, 2.24) is 9.21 Å². The van der Waals surface area contributed by atoms with Crippen molar-refractivity contribution in [3.05, 3.63) is 59.7 Å². The minimum Gasteiger partial charge on any atom is -0.497 e. The Morgan fingerprint density at radius 3 is 2.14 bits per heavy atom. The molecule has 8 nitrogen and oxygen atoms in total. The first kappa shape index (κ1) is 19.8. The molecule has 1 fully saturated rings. The smallest absolute Gasteiger partial charge is 0.253 e. The van der Waals surface area contributed by atoms with Crippen LogP contribution in [0.25, 0.3) is 0 Å². The number of nitrogens with zero attached hydrogens (tertiary/aromatic N) is 2. The third-order valence-electron chi connectivity index (χ3n) is 4.62. The molecule has 9 heteroatoms. The molecule has 1 saturated heterocycles. The van der Waals surface area contributed by atoms with Gasteiger partial charge in [-0.05, 0) is 42.5 Å². The second kappa shape index (κ2) is 7.99. The summed E-state index contributed by atoms with van der Waals surface area (Å²) in [4.78, 5) is 25.7. The Kier molecular flexibility index (Phi) is 5.66. The molecule has 1 aliphatic rings. The van der Waals surface area contributed by atoms with Crippen molar-refractivity contribution >= 4 is 21.8 Å². The summed E-state index contributed by atoms with van der Waals surface area (Å²) >= 11 is 0. The van der Waals surface area contributed by atoms with E-state index in [1.165, 1.54) is 29.6 Å². The van der Waals surface area contributed by atoms with Crippen LogP contribution >= 0.6 is 0 Å². The lowest BCUT2D eigenvalue weighted by Gasteiger charge is -2.34. The summed E-state index contributed by atoms with van der Waals surface area (Å²) in [6.07, 6.45) is 0. The largest absolute Gasteiger partial charge is 0.497 e. The summed E-state index contributed by atoms with van der Waals surface area (Å²) in [5.41, 5.74) is 5.86. The van der Waals surface area contributed by atoms with E-state index in [2.05, 4.69) is 0 Å². The summed E-state index contributed by atoms with van der Waals surface area (Å²) in [5, 5.41) is 0. The van der Waals surface area contributed by atoms with E-state index in [0.717, 1.165) is 0 Å². The number of amides is 2. The highest BCUT2D eigenvalue weighted by molar-refractivity contribution is 7.89. The minimum atomic E-state index is -3.64. The number of benzene rings is 2. The van der Waals surface area contributed by atoms with Crippen LogP contribution in [-0.4, -0.2) is 62.7 Å². The summed E-state index contributed by atoms with van der Waals surface area (Å²) < 4.78 is 32.0. The summed E-state index contributed by atoms with van der Waals surface area (Å²) in [7, 11) is -2.13. The van der Waals surface area contributed by atoms with Crippen LogP contribution in [0, 0.1) is 0 Å². The maximum Gasteiger partial charge on any atom is 0.253 e. The predicted octanol–water partition coefficient (Wildman–Crippen LogP) is 0.941. The number of piperazine rings is 1. The van der Waals surface area contributed by atoms with Gasteiger partial charge in [-0.1, -0.05) is 6.07 Å². The zero-order valence-corrected chi connectivity index (χ0v) is 16.2. The van der Waals surface area contributed by atoms with Crippen molar-refractivity contribution in [3.8, 4) is 5.75 Å². The SMILES string of the molecule is COc1ccc(S(=O)(=O)N2CCN(C(=O)c3cccc(C(N)=O)c3)CC2)cc1. The molecule has 0 spiro atoms. The fraction of sp³-hybridized carbons (Fsp3) is 0.263. The molecule has 1 aliphatic heterocycles. The van der Waals surface area contributed by atoms with Crippen molar-refractivity contribution in [2.75, 3.05) is 33.3 Å². The number of carbonyl (C=O) groups excluding carboxylic acids is 2. The van der Waals surface area contributed by atoms with Crippen LogP contribution in [-0.2, 0) is 10.0 Å². The number of sulfonamides is 1. The van der Waals surface area contributed by atoms with Crippen molar-refractivity contribution in [1.29, 1.82) is 0 Å². The molecule has 0 unspecified atom stereocenters. The standard InChI is InChI=1S/C19H21N3O5S/c1-27-16-5-7-17(8-6-16)28(25,26)22-11-9-21(10-12-22)19(24)15-4-2-3-14(13-15)18(20)23/h2-8,13H,9-12H2,1H3,(H2,20,23). The zero-order valence-electron chi connectivity index (χ0n) is 15.4. The van der Waals surface area contributed by atoms with E-state index >= 15 is 0 Å². The lowest BCUT2D eigenvalue weighted by molar-refractivity contribution is 0.0698. The maximum atomic E-state index is 12.8. The highest BCUT2D eigenvalue weighted by atomic mass is 32.2. The second-order valence-electron chi connectivity index (χ2n) is 6.32. The van der Waals surface area contributed by atoms with Crippen LogP contribution in [0.15, 0.2) is 53.4 Å². The van der Waals surface area contributed by atoms with Crippen molar-refractivity contribution in [2.24, 2.45) is 5.73 Å². The van der Waals surface area contributed by atoms with Gasteiger partial charge in [0, 0.05) is 37.3 Å². The molecule has 2 N–H and O–H groups in total. The lowest BCUT2D eigenvalue weighted by Crippen LogP contribution is -2.50. The molecule has 2 aromatic carbocycles. The van der Waals surface area contributed by atoms with Crippen LogP contribution in [0.3, 0.4) is 0 Å². The van der Waals surface area contributed by atoms with E-state index in [-0.39, 0.29) is 42.5 Å². The molecule has 0 saturated carbocycles. The zero-order chi connectivity index (χ0) is 20.3. The Hall–Kier alpha value is -2.91. The van der Waals surface area contributed by atoms with Gasteiger partial charge in [0.1, 0.15) is 5.75 Å². The Balaban J connectivity index is 1.68. The third-order valence-corrected chi connectivity index (χ3v) is 6.53. The van der Waals surface area contributed by atoms with Gasteiger partial charge in [-0.3, -0.25) is 9.59 Å². The Morgan fingerprint density at radius 1 is 0.964 bits per heavy atom. The summed E-state index contributed by atoms with van der Waals surface area (Å²) in [6, 6.07) is 12.4. The number of ether oxygens (including phenoxy) is 1. The Morgan fingerprint density at radius 2 is 1.57 bits per heavy atom. The van der Waals surface area contributed by atoms with Gasteiger partial charge in [0.25, 0.3) is 5.91 Å². The van der Waals surface area contributed by atoms with E-state index in [1.807, 2.05) is 0 Å². The lowest BCUT2D eigenvalue weighted by atomic mass is 10.1. The van der Waals surface area contributed by atoms with E-state index in [4.69, 9.17) is 10.5 Å². The van der Waals surface area contributed by atoms with E-state index in [0.29, 0.717) is 11.3 Å². The molecule has 0 radical (unpaired) electrons. The third kappa shape index (κ3) is 4.00. The molecule has 1 heterocycles. The average Bonchev–Trinajstić information content (AvgIpc) is 2.73. The van der Waals surface area contributed by atoms with Crippen molar-refractivity contribution in [3.63, 3.8) is 0 Å². The number of methoxy groups -OCH3 is 1. The van der Waals surface area contributed by atoms with Gasteiger partial charge in [-0.2, -0.15) is 4.31 Å². The Labute approximate surface area is 163 Å². The number of carbonyl (C=O) groups is 2. The first-order valence-electron chi connectivity index (χ1n) is 8.66. The van der Waals surface area contributed by atoms with E-state index in [9.17, 15) is 18.0 Å². The first-order valence-corrected chi connectivity index (χ1v) is 10.1. The fourth-order valence-corrected chi connectivity index (χ4v) is 4.44. The topological polar surface area (TPSA) is 110 Å². The van der Waals surface area contributed by atoms with Crippen molar-refractivity contribution in [2.45, 2.75) is 4.90 Å². The van der Waals surface area contributed by atoms with Crippen LogP contribution in [0.2, 0.25) is 0 Å². The van der Waals surface area contributed by atoms with E-state index in [1.54, 1.807) is 35.2 Å². The highest BCUT2D eigenvalue weighted by Gasteiger charge is 2.30. The predicted molar refractivity (Wildman–Crippen MR) is 103 cm³/mol. The van der Waals surface area contributed by atoms with Gasteiger partial charge in [-0.25, -0.2) is 8.42 Å². The maximum absolute atomic E-state index is 12.8. The van der Waals surface area contributed by atoms with Crippen LogP contribution in [0.1, 0.15) is 20.7 Å². The molecule has 0 aromatic heterocycles. The van der Waals surface area contributed by atoms with Crippen LogP contribution in [0.5, 0.6) is 5.75 Å². The molecule has 0 atom stereocenters. The molecular weight excluding hydrogens is 382 g/mol. The normalized spacial score (nSPS) is 15.2. The molecule has 148 valence electrons. The van der Waals surface area contributed by atoms with Crippen molar-refractivity contribution < 1.29 is 22.7 Å². The Bertz CT molecular complexity index is 981. The number of hydrogen-bond donors (Lipinski definition) is 1. The number of nitrogens with two attached hydrogens (primary N) is 1. The highest BCUT2D eigenvalue weighted by Crippen LogP contribution is 2.21. The van der Waals surface area contributed by atoms with Gasteiger partial charge in [-0.15, -0.1) is 0 Å². The first-order chi connectivity index (χ1) is 13.3. The minimum absolute atomic E-state index is 0.183. The van der Waals surface area contributed by atoms with Crippen LogP contribution in [0.4, 0.5) is 0 Å². The van der Waals surface area contributed by atoms with Gasteiger partial charge in [0.2, 0.25) is 15.9 Å². The number of rotatable bonds is 5. The van der Waals surface area contributed by atoms with Gasteiger partial charge in [0.05, 0.1) is 12.0 Å². The molecule has 0 aliphatic carbocycles. The summed E-state index contributed by atoms with van der Waals surface area (Å²) in [5.74, 6) is -0.290. The van der Waals surface area contributed by atoms with Crippen LogP contribution < -0.4 is 10.5 Å².